The highest BCUT2D eigenvalue weighted by Gasteiger charge is 2.00. The first kappa shape index (κ1) is 9.45. The molecule has 0 amide bonds. The van der Waals surface area contributed by atoms with Crippen molar-refractivity contribution in [3.8, 4) is 5.88 Å². The minimum absolute atomic E-state index is 0.499. The van der Waals surface area contributed by atoms with Crippen LogP contribution in [0.5, 0.6) is 5.88 Å². The van der Waals surface area contributed by atoms with Crippen LogP contribution in [0.3, 0.4) is 0 Å². The number of anilines is 1. The molecule has 0 saturated carbocycles. The number of nitrogen functional groups attached to an aromatic ring is 1. The first-order valence-electron chi connectivity index (χ1n) is 4.42. The molecule has 0 aliphatic carbocycles. The van der Waals surface area contributed by atoms with Crippen LogP contribution in [0.4, 0.5) is 5.69 Å². The summed E-state index contributed by atoms with van der Waals surface area (Å²) >= 11 is 0. The van der Waals surface area contributed by atoms with E-state index in [1.165, 1.54) is 0 Å². The highest BCUT2D eigenvalue weighted by atomic mass is 16.5. The van der Waals surface area contributed by atoms with Crippen LogP contribution in [0.15, 0.2) is 24.5 Å². The molecule has 2 aromatic heterocycles. The van der Waals surface area contributed by atoms with E-state index < -0.39 is 0 Å². The SMILES string of the molecule is COc1ccc(Cn2cc(N)cn2)nn1. The lowest BCUT2D eigenvalue weighted by Crippen LogP contribution is -2.03. The summed E-state index contributed by atoms with van der Waals surface area (Å²) in [4.78, 5) is 0. The Bertz CT molecular complexity index is 436. The molecule has 2 heterocycles. The van der Waals surface area contributed by atoms with E-state index in [-0.39, 0.29) is 0 Å². The predicted molar refractivity (Wildman–Crippen MR) is 54.3 cm³/mol. The van der Waals surface area contributed by atoms with Gasteiger partial charge in [-0.3, -0.25) is 4.68 Å². The minimum atomic E-state index is 0.499. The van der Waals surface area contributed by atoms with Crippen LogP contribution >= 0.6 is 0 Å². The Balaban J connectivity index is 2.11. The zero-order valence-electron chi connectivity index (χ0n) is 8.29. The molecule has 0 fully saturated rings. The Hall–Kier alpha value is -2.11. The van der Waals surface area contributed by atoms with Crippen LogP contribution in [-0.2, 0) is 6.54 Å². The summed E-state index contributed by atoms with van der Waals surface area (Å²) in [6.45, 7) is 0.550. The highest BCUT2D eigenvalue weighted by Crippen LogP contribution is 2.05. The van der Waals surface area contributed by atoms with E-state index in [0.29, 0.717) is 18.1 Å². The smallest absolute Gasteiger partial charge is 0.233 e. The number of hydrogen-bond acceptors (Lipinski definition) is 5. The van der Waals surface area contributed by atoms with Crippen molar-refractivity contribution < 1.29 is 4.74 Å². The largest absolute Gasteiger partial charge is 0.480 e. The summed E-state index contributed by atoms with van der Waals surface area (Å²) in [6.07, 6.45) is 3.34. The van der Waals surface area contributed by atoms with Crippen LogP contribution in [-0.4, -0.2) is 27.1 Å². The fourth-order valence-electron chi connectivity index (χ4n) is 1.17. The van der Waals surface area contributed by atoms with Gasteiger partial charge in [-0.05, 0) is 6.07 Å². The molecule has 6 nitrogen and oxygen atoms in total. The van der Waals surface area contributed by atoms with Crippen molar-refractivity contribution in [2.75, 3.05) is 12.8 Å². The van der Waals surface area contributed by atoms with Crippen molar-refractivity contribution in [3.63, 3.8) is 0 Å². The van der Waals surface area contributed by atoms with Crippen LogP contribution in [0.25, 0.3) is 0 Å². The third-order valence-corrected chi connectivity index (χ3v) is 1.88. The molecule has 0 unspecified atom stereocenters. The quantitative estimate of drug-likeness (QED) is 0.780. The maximum atomic E-state index is 5.54. The number of methoxy groups -OCH3 is 1. The van der Waals surface area contributed by atoms with Crippen molar-refractivity contribution in [3.05, 3.63) is 30.2 Å². The van der Waals surface area contributed by atoms with Crippen molar-refractivity contribution >= 4 is 5.69 Å². The first-order chi connectivity index (χ1) is 7.28. The van der Waals surface area contributed by atoms with Crippen LogP contribution in [0.1, 0.15) is 5.69 Å². The van der Waals surface area contributed by atoms with E-state index in [2.05, 4.69) is 15.3 Å². The zero-order chi connectivity index (χ0) is 10.7. The van der Waals surface area contributed by atoms with Gasteiger partial charge in [0.2, 0.25) is 5.88 Å². The molecule has 0 radical (unpaired) electrons. The van der Waals surface area contributed by atoms with Gasteiger partial charge >= 0.3 is 0 Å². The van der Waals surface area contributed by atoms with Gasteiger partial charge in [-0.2, -0.15) is 5.10 Å². The zero-order valence-corrected chi connectivity index (χ0v) is 8.29. The molecule has 0 spiro atoms. The molecule has 0 saturated heterocycles. The molecule has 0 aliphatic rings. The summed E-state index contributed by atoms with van der Waals surface area (Å²) < 4.78 is 6.61. The molecule has 2 N–H and O–H groups in total. The highest BCUT2D eigenvalue weighted by molar-refractivity contribution is 5.30. The van der Waals surface area contributed by atoms with Gasteiger partial charge in [0, 0.05) is 12.3 Å². The summed E-state index contributed by atoms with van der Waals surface area (Å²) in [6, 6.07) is 3.60. The first-order valence-corrected chi connectivity index (χ1v) is 4.42. The standard InChI is InChI=1S/C9H11N5O/c1-15-9-3-2-8(12-13-9)6-14-5-7(10)4-11-14/h2-5H,6,10H2,1H3. The van der Waals surface area contributed by atoms with E-state index >= 15 is 0 Å². The maximum absolute atomic E-state index is 5.54. The van der Waals surface area contributed by atoms with E-state index in [0.717, 1.165) is 5.69 Å². The third kappa shape index (κ3) is 2.22. The van der Waals surface area contributed by atoms with Crippen LogP contribution < -0.4 is 10.5 Å². The predicted octanol–water partition coefficient (Wildman–Crippen LogP) is 0.312. The summed E-state index contributed by atoms with van der Waals surface area (Å²) in [5.41, 5.74) is 6.98. The van der Waals surface area contributed by atoms with Crippen molar-refractivity contribution in [2.45, 2.75) is 6.54 Å². The molecule has 2 aromatic rings. The number of ether oxygens (including phenoxy) is 1. The minimum Gasteiger partial charge on any atom is -0.480 e. The van der Waals surface area contributed by atoms with Gasteiger partial charge < -0.3 is 10.5 Å². The Morgan fingerprint density at radius 3 is 2.80 bits per heavy atom. The van der Waals surface area contributed by atoms with E-state index in [1.807, 2.05) is 6.07 Å². The van der Waals surface area contributed by atoms with Gasteiger partial charge in [-0.15, -0.1) is 10.2 Å². The van der Waals surface area contributed by atoms with Gasteiger partial charge in [-0.25, -0.2) is 0 Å². The van der Waals surface area contributed by atoms with Gasteiger partial charge in [-0.1, -0.05) is 0 Å². The molecule has 6 heteroatoms. The molecule has 0 atom stereocenters. The second-order valence-electron chi connectivity index (χ2n) is 3.04. The average molecular weight is 205 g/mol. The van der Waals surface area contributed by atoms with Gasteiger partial charge in [0.15, 0.2) is 0 Å². The molecule has 0 aromatic carbocycles. The Kier molecular flexibility index (Phi) is 2.49. The van der Waals surface area contributed by atoms with Gasteiger partial charge in [0.25, 0.3) is 0 Å². The van der Waals surface area contributed by atoms with Crippen LogP contribution in [0, 0.1) is 0 Å². The molecule has 78 valence electrons. The number of nitrogens with zero attached hydrogens (tertiary/aromatic N) is 4. The molecule has 0 aliphatic heterocycles. The fourth-order valence-corrected chi connectivity index (χ4v) is 1.17. The molecule has 15 heavy (non-hydrogen) atoms. The number of nitrogens with two attached hydrogens (primary N) is 1. The molecule has 2 rings (SSSR count). The lowest BCUT2D eigenvalue weighted by atomic mass is 10.4. The average Bonchev–Trinajstić information content (AvgIpc) is 2.65. The van der Waals surface area contributed by atoms with Crippen molar-refractivity contribution in [1.82, 2.24) is 20.0 Å². The Morgan fingerprint density at radius 1 is 1.40 bits per heavy atom. The van der Waals surface area contributed by atoms with Gasteiger partial charge in [0.05, 0.1) is 31.2 Å². The van der Waals surface area contributed by atoms with Crippen LogP contribution in [0.2, 0.25) is 0 Å². The van der Waals surface area contributed by atoms with E-state index in [4.69, 9.17) is 10.5 Å². The number of rotatable bonds is 3. The number of hydrogen-bond donors (Lipinski definition) is 1. The van der Waals surface area contributed by atoms with E-state index in [1.54, 1.807) is 30.3 Å². The second kappa shape index (κ2) is 3.95. The molecular weight excluding hydrogens is 194 g/mol. The Morgan fingerprint density at radius 2 is 2.27 bits per heavy atom. The Labute approximate surface area is 86.7 Å². The fraction of sp³-hybridized carbons (Fsp3) is 0.222. The van der Waals surface area contributed by atoms with Gasteiger partial charge in [0.1, 0.15) is 0 Å². The monoisotopic (exact) mass is 205 g/mol. The lowest BCUT2D eigenvalue weighted by Gasteiger charge is -2.01. The van der Waals surface area contributed by atoms with Crippen molar-refractivity contribution in [1.29, 1.82) is 0 Å². The summed E-state index contributed by atoms with van der Waals surface area (Å²) in [7, 11) is 1.55. The van der Waals surface area contributed by atoms with E-state index in [9.17, 15) is 0 Å². The third-order valence-electron chi connectivity index (χ3n) is 1.88. The lowest BCUT2D eigenvalue weighted by molar-refractivity contribution is 0.390. The molecule has 0 bridgehead atoms. The second-order valence-corrected chi connectivity index (χ2v) is 3.04. The maximum Gasteiger partial charge on any atom is 0.233 e. The number of aromatic nitrogens is 4. The van der Waals surface area contributed by atoms with Crippen molar-refractivity contribution in [2.24, 2.45) is 0 Å². The summed E-state index contributed by atoms with van der Waals surface area (Å²) in [5, 5.41) is 11.9. The topological polar surface area (TPSA) is 78.9 Å². The summed E-state index contributed by atoms with van der Waals surface area (Å²) in [5.74, 6) is 0.499. The molecular formula is C9H11N5O. The normalized spacial score (nSPS) is 10.2.